The average Bonchev–Trinajstić information content (AvgIpc) is 1.82. The fourth-order valence-corrected chi connectivity index (χ4v) is 0.513. The number of nitrogens with zero attached hydrogens (tertiary/aromatic N) is 1. The number of hydrogen-bond donors (Lipinski definition) is 0. The summed E-state index contributed by atoms with van der Waals surface area (Å²) in [4.78, 5) is 2.00. The fourth-order valence-electron chi connectivity index (χ4n) is 0.513. The van der Waals surface area contributed by atoms with Gasteiger partial charge < -0.3 is 4.90 Å². The minimum absolute atomic E-state index is 2.00. The van der Waals surface area contributed by atoms with E-state index in [0.717, 1.165) is 0 Å². The molecule has 0 aliphatic heterocycles. The first-order valence-corrected chi connectivity index (χ1v) is 4.01. The van der Waals surface area contributed by atoms with Crippen LogP contribution < -0.4 is 0 Å². The zero-order chi connectivity index (χ0) is 9.23. The fraction of sp³-hybridized carbons (Fsp3) is 0.273. The van der Waals surface area contributed by atoms with E-state index in [9.17, 15) is 0 Å². The highest BCUT2D eigenvalue weighted by Gasteiger charge is 1.65. The monoisotopic (exact) mass is 163 g/mol. The van der Waals surface area contributed by atoms with Crippen LogP contribution in [0.15, 0.2) is 48.6 Å². The van der Waals surface area contributed by atoms with Crippen LogP contribution in [0.2, 0.25) is 0 Å². The van der Waals surface area contributed by atoms with Gasteiger partial charge in [0.15, 0.2) is 0 Å². The van der Waals surface area contributed by atoms with Gasteiger partial charge in [0, 0.05) is 0 Å². The van der Waals surface area contributed by atoms with Crippen molar-refractivity contribution in [2.24, 2.45) is 0 Å². The Labute approximate surface area is 75.4 Å². The van der Waals surface area contributed by atoms with Crippen LogP contribution in [-0.2, 0) is 0 Å². The Morgan fingerprint density at radius 3 is 0.667 bits per heavy atom. The lowest BCUT2D eigenvalue weighted by Crippen LogP contribution is -1.99. The first-order chi connectivity index (χ1) is 5.73. The van der Waals surface area contributed by atoms with Gasteiger partial charge in [-0.25, -0.2) is 0 Å². The number of allylic oxidation sites excluding steroid dienone is 8. The van der Waals surface area contributed by atoms with Gasteiger partial charge in [-0.2, -0.15) is 0 Å². The third kappa shape index (κ3) is 11.7. The smallest absolute Gasteiger partial charge is 0.0140 e. The lowest BCUT2D eigenvalue weighted by molar-refractivity contribution is 0.505. The number of hydrogen-bond acceptors (Lipinski definition) is 1. The molecule has 0 unspecified atom stereocenters. The van der Waals surface area contributed by atoms with Gasteiger partial charge in [-0.05, 0) is 21.1 Å². The molecule has 0 heterocycles. The van der Waals surface area contributed by atoms with E-state index >= 15 is 0 Å². The van der Waals surface area contributed by atoms with Crippen LogP contribution in [0, 0.1) is 0 Å². The van der Waals surface area contributed by atoms with Crippen molar-refractivity contribution in [2.45, 2.75) is 0 Å². The molecule has 0 bridgehead atoms. The normalized spacial score (nSPS) is 13.7. The van der Waals surface area contributed by atoms with E-state index in [-0.39, 0.29) is 0 Å². The van der Waals surface area contributed by atoms with E-state index in [0.29, 0.717) is 0 Å². The minimum atomic E-state index is 2.00. The van der Waals surface area contributed by atoms with Crippen molar-refractivity contribution in [3.8, 4) is 0 Å². The predicted octanol–water partition coefficient (Wildman–Crippen LogP) is 2.40. The second-order valence-electron chi connectivity index (χ2n) is 2.88. The highest BCUT2D eigenvalue weighted by molar-refractivity contribution is 5.23. The van der Waals surface area contributed by atoms with Gasteiger partial charge in [0.05, 0.1) is 0 Å². The quantitative estimate of drug-likeness (QED) is 0.530. The maximum atomic E-state index is 2.00. The Bertz CT molecular complexity index is 136. The van der Waals surface area contributed by atoms with Crippen LogP contribution >= 0.6 is 0 Å². The van der Waals surface area contributed by atoms with Crippen LogP contribution in [0.3, 0.4) is 0 Å². The summed E-state index contributed by atoms with van der Waals surface area (Å²) in [5.74, 6) is 0. The minimum Gasteiger partial charge on any atom is -0.312 e. The highest BCUT2D eigenvalue weighted by Crippen LogP contribution is 1.87. The summed E-state index contributed by atoms with van der Waals surface area (Å²) in [7, 11) is 6.00. The average molecular weight is 163 g/mol. The topological polar surface area (TPSA) is 3.24 Å². The van der Waals surface area contributed by atoms with Gasteiger partial charge >= 0.3 is 0 Å². The summed E-state index contributed by atoms with van der Waals surface area (Å²) in [6.45, 7) is 0. The Morgan fingerprint density at radius 2 is 0.583 bits per heavy atom. The maximum absolute atomic E-state index is 2.00. The van der Waals surface area contributed by atoms with Crippen LogP contribution in [0.5, 0.6) is 0 Å². The largest absolute Gasteiger partial charge is 0.312 e. The SMILES string of the molecule is C1=CC=CC=CC=C1.CN(C)C. The summed E-state index contributed by atoms with van der Waals surface area (Å²) in [5, 5.41) is 0. The molecule has 0 spiro atoms. The first kappa shape index (κ1) is 10.9. The van der Waals surface area contributed by atoms with E-state index in [4.69, 9.17) is 0 Å². The zero-order valence-corrected chi connectivity index (χ0v) is 8.07. The molecular weight excluding hydrogens is 146 g/mol. The molecule has 1 nitrogen and oxygen atoms in total. The molecule has 0 amide bonds. The van der Waals surface area contributed by atoms with Gasteiger partial charge in [0.2, 0.25) is 0 Å². The van der Waals surface area contributed by atoms with Gasteiger partial charge in [-0.1, -0.05) is 48.6 Å². The Kier molecular flexibility index (Phi) is 7.30. The Hall–Kier alpha value is -1.08. The van der Waals surface area contributed by atoms with E-state index < -0.39 is 0 Å². The van der Waals surface area contributed by atoms with Crippen molar-refractivity contribution in [1.29, 1.82) is 0 Å². The maximum Gasteiger partial charge on any atom is -0.0140 e. The molecule has 0 atom stereocenters. The lowest BCUT2D eigenvalue weighted by Gasteiger charge is -1.90. The standard InChI is InChI=1S/C8H8.C3H9N/c1-2-4-6-8-7-5-3-1;1-4(2)3/h1-8H;1-3H3. The molecule has 0 aromatic heterocycles. The second-order valence-corrected chi connectivity index (χ2v) is 2.88. The van der Waals surface area contributed by atoms with Crippen LogP contribution in [0.25, 0.3) is 0 Å². The number of rotatable bonds is 0. The highest BCUT2D eigenvalue weighted by atomic mass is 15.0. The molecule has 1 rings (SSSR count). The molecule has 0 radical (unpaired) electrons. The molecule has 0 saturated carbocycles. The van der Waals surface area contributed by atoms with Crippen molar-refractivity contribution < 1.29 is 0 Å². The summed E-state index contributed by atoms with van der Waals surface area (Å²) >= 11 is 0. The van der Waals surface area contributed by atoms with Crippen molar-refractivity contribution in [2.75, 3.05) is 21.1 Å². The first-order valence-electron chi connectivity index (χ1n) is 4.01. The summed E-state index contributed by atoms with van der Waals surface area (Å²) < 4.78 is 0. The van der Waals surface area contributed by atoms with Crippen LogP contribution in [0.1, 0.15) is 0 Å². The van der Waals surface area contributed by atoms with Gasteiger partial charge in [0.25, 0.3) is 0 Å². The molecule has 12 heavy (non-hydrogen) atoms. The van der Waals surface area contributed by atoms with Crippen molar-refractivity contribution in [3.63, 3.8) is 0 Å². The predicted molar refractivity (Wildman–Crippen MR) is 56.2 cm³/mol. The Morgan fingerprint density at radius 1 is 0.500 bits per heavy atom. The molecule has 1 aliphatic carbocycles. The zero-order valence-electron chi connectivity index (χ0n) is 8.07. The van der Waals surface area contributed by atoms with E-state index in [2.05, 4.69) is 0 Å². The molecular formula is C11H17N. The third-order valence-corrected chi connectivity index (χ3v) is 0.889. The van der Waals surface area contributed by atoms with Gasteiger partial charge in [-0.15, -0.1) is 0 Å². The summed E-state index contributed by atoms with van der Waals surface area (Å²) in [5.41, 5.74) is 0. The summed E-state index contributed by atoms with van der Waals surface area (Å²) in [6.07, 6.45) is 16.0. The van der Waals surface area contributed by atoms with E-state index in [1.165, 1.54) is 0 Å². The molecule has 66 valence electrons. The second kappa shape index (κ2) is 8.02. The molecule has 1 aliphatic rings. The molecule has 0 fully saturated rings. The molecule has 0 N–H and O–H groups in total. The van der Waals surface area contributed by atoms with E-state index in [1.54, 1.807) is 0 Å². The Balaban J connectivity index is 0.000000261. The van der Waals surface area contributed by atoms with Gasteiger partial charge in [-0.3, -0.25) is 0 Å². The van der Waals surface area contributed by atoms with Crippen LogP contribution in [-0.4, -0.2) is 26.0 Å². The summed E-state index contributed by atoms with van der Waals surface area (Å²) in [6, 6.07) is 0. The molecule has 0 saturated heterocycles. The lowest BCUT2D eigenvalue weighted by atomic mass is 10.3. The van der Waals surface area contributed by atoms with Gasteiger partial charge in [0.1, 0.15) is 0 Å². The van der Waals surface area contributed by atoms with Crippen molar-refractivity contribution in [1.82, 2.24) is 4.90 Å². The molecule has 1 heteroatoms. The third-order valence-electron chi connectivity index (χ3n) is 0.889. The molecule has 0 aromatic carbocycles. The van der Waals surface area contributed by atoms with Crippen molar-refractivity contribution >= 4 is 0 Å². The van der Waals surface area contributed by atoms with Crippen LogP contribution in [0.4, 0.5) is 0 Å². The van der Waals surface area contributed by atoms with E-state index in [1.807, 2.05) is 74.7 Å². The molecule has 0 aromatic rings. The van der Waals surface area contributed by atoms with Crippen molar-refractivity contribution in [3.05, 3.63) is 48.6 Å².